The summed E-state index contributed by atoms with van der Waals surface area (Å²) in [5, 5.41) is 8.50. The van der Waals surface area contributed by atoms with E-state index in [9.17, 15) is 4.79 Å². The fraction of sp³-hybridized carbons (Fsp3) is 0.136. The summed E-state index contributed by atoms with van der Waals surface area (Å²) in [6.07, 6.45) is 0. The van der Waals surface area contributed by atoms with Crippen LogP contribution in [0, 0.1) is 6.92 Å². The van der Waals surface area contributed by atoms with Crippen molar-refractivity contribution < 1.29 is 9.53 Å². The number of hydrogen-bond donors (Lipinski definition) is 1. The highest BCUT2D eigenvalue weighted by atomic mass is 32.2. The van der Waals surface area contributed by atoms with Gasteiger partial charge in [0.05, 0.1) is 29.1 Å². The van der Waals surface area contributed by atoms with Crippen molar-refractivity contribution in [1.29, 1.82) is 0 Å². The number of ether oxygens (including phenoxy) is 1. The average Bonchev–Trinajstić information content (AvgIpc) is 3.41. The lowest BCUT2D eigenvalue weighted by Gasteiger charge is -2.08. The lowest BCUT2D eigenvalue weighted by atomic mass is 10.1. The minimum atomic E-state index is -0.173. The highest BCUT2D eigenvalue weighted by molar-refractivity contribution is 7.98. The van der Waals surface area contributed by atoms with E-state index in [1.54, 1.807) is 30.2 Å². The topological polar surface area (TPSA) is 64.1 Å². The van der Waals surface area contributed by atoms with E-state index in [0.29, 0.717) is 10.7 Å². The molecule has 5 nitrogen and oxygen atoms in total. The number of hydrogen-bond acceptors (Lipinski definition) is 7. The molecule has 4 rings (SSSR count). The quantitative estimate of drug-likeness (QED) is 0.341. The van der Waals surface area contributed by atoms with Crippen LogP contribution in [0.5, 0.6) is 5.75 Å². The molecule has 1 N–H and O–H groups in total. The summed E-state index contributed by atoms with van der Waals surface area (Å²) < 4.78 is 5.41. The van der Waals surface area contributed by atoms with E-state index < -0.39 is 0 Å². The number of anilines is 1. The molecule has 0 aliphatic rings. The minimum absolute atomic E-state index is 0.173. The normalized spacial score (nSPS) is 10.7. The van der Waals surface area contributed by atoms with Gasteiger partial charge in [-0.25, -0.2) is 9.97 Å². The van der Waals surface area contributed by atoms with E-state index in [4.69, 9.17) is 4.74 Å². The van der Waals surface area contributed by atoms with Crippen molar-refractivity contribution in [2.75, 3.05) is 12.4 Å². The van der Waals surface area contributed by atoms with Crippen LogP contribution in [-0.4, -0.2) is 23.0 Å². The summed E-state index contributed by atoms with van der Waals surface area (Å²) in [5.41, 5.74) is 3.32. The number of methoxy groups -OCH3 is 1. The predicted octanol–water partition coefficient (Wildman–Crippen LogP) is 6.13. The van der Waals surface area contributed by atoms with Crippen LogP contribution in [0.1, 0.15) is 21.1 Å². The van der Waals surface area contributed by atoms with Gasteiger partial charge in [0.25, 0.3) is 5.91 Å². The molecule has 30 heavy (non-hydrogen) atoms. The van der Waals surface area contributed by atoms with Gasteiger partial charge in [-0.15, -0.1) is 34.4 Å². The number of amides is 1. The number of aryl methyl sites for hydroxylation is 1. The number of aromatic nitrogens is 2. The van der Waals surface area contributed by atoms with Gasteiger partial charge in [0.2, 0.25) is 0 Å². The van der Waals surface area contributed by atoms with Gasteiger partial charge in [0.1, 0.15) is 5.75 Å². The van der Waals surface area contributed by atoms with Crippen molar-refractivity contribution in [3.05, 3.63) is 75.6 Å². The molecule has 2 aromatic carbocycles. The van der Waals surface area contributed by atoms with Crippen molar-refractivity contribution >= 4 is 45.5 Å². The Bertz CT molecular complexity index is 1170. The molecular formula is C22H19N3O2S3. The number of nitrogens with one attached hydrogen (secondary N) is 1. The lowest BCUT2D eigenvalue weighted by molar-refractivity contribution is 0.102. The van der Waals surface area contributed by atoms with Crippen molar-refractivity contribution in [2.24, 2.45) is 0 Å². The van der Waals surface area contributed by atoms with Crippen molar-refractivity contribution in [1.82, 2.24) is 9.97 Å². The molecule has 0 unspecified atom stereocenters. The Morgan fingerprint density at radius 3 is 2.67 bits per heavy atom. The van der Waals surface area contributed by atoms with Gasteiger partial charge in [-0.05, 0) is 31.2 Å². The molecule has 0 spiro atoms. The van der Waals surface area contributed by atoms with E-state index in [1.807, 2.05) is 60.8 Å². The molecule has 0 fully saturated rings. The Hall–Kier alpha value is -2.68. The molecule has 0 radical (unpaired) electrons. The van der Waals surface area contributed by atoms with Crippen LogP contribution < -0.4 is 10.1 Å². The molecule has 152 valence electrons. The molecule has 0 atom stereocenters. The largest absolute Gasteiger partial charge is 0.496 e. The van der Waals surface area contributed by atoms with Crippen LogP contribution in [0.2, 0.25) is 0 Å². The van der Waals surface area contributed by atoms with Crippen LogP contribution in [0.4, 0.5) is 5.13 Å². The number of rotatable bonds is 7. The standard InChI is InChI=1S/C22H19N3O2S3/c1-14-23-15(11-28-14)12-29-20-10-6-4-8-17(20)21(26)25-22-24-18(13-30-22)16-7-3-5-9-19(16)27-2/h3-11,13H,12H2,1-2H3,(H,24,25,26). The van der Waals surface area contributed by atoms with E-state index in [1.165, 1.54) is 11.3 Å². The summed E-state index contributed by atoms with van der Waals surface area (Å²) >= 11 is 4.64. The van der Waals surface area contributed by atoms with E-state index in [0.717, 1.165) is 38.4 Å². The highest BCUT2D eigenvalue weighted by Crippen LogP contribution is 2.32. The molecule has 0 bridgehead atoms. The van der Waals surface area contributed by atoms with Crippen molar-refractivity contribution in [3.8, 4) is 17.0 Å². The first kappa shape index (κ1) is 20.6. The van der Waals surface area contributed by atoms with Crippen LogP contribution in [0.15, 0.2) is 64.2 Å². The molecule has 8 heteroatoms. The average molecular weight is 454 g/mol. The highest BCUT2D eigenvalue weighted by Gasteiger charge is 2.15. The fourth-order valence-corrected chi connectivity index (χ4v) is 5.25. The summed E-state index contributed by atoms with van der Waals surface area (Å²) in [6, 6.07) is 15.3. The molecule has 0 saturated heterocycles. The molecule has 2 heterocycles. The molecular weight excluding hydrogens is 434 g/mol. The molecule has 0 saturated carbocycles. The maximum absolute atomic E-state index is 12.9. The summed E-state index contributed by atoms with van der Waals surface area (Å²) in [7, 11) is 1.63. The minimum Gasteiger partial charge on any atom is -0.496 e. The second kappa shape index (κ2) is 9.42. The second-order valence-electron chi connectivity index (χ2n) is 6.34. The van der Waals surface area contributed by atoms with Crippen LogP contribution in [-0.2, 0) is 5.75 Å². The van der Waals surface area contributed by atoms with Crippen LogP contribution in [0.25, 0.3) is 11.3 Å². The third-order valence-electron chi connectivity index (χ3n) is 4.28. The first-order valence-electron chi connectivity index (χ1n) is 9.17. The summed E-state index contributed by atoms with van der Waals surface area (Å²) in [6.45, 7) is 1.99. The molecule has 2 aromatic heterocycles. The monoisotopic (exact) mass is 453 g/mol. The Morgan fingerprint density at radius 2 is 1.87 bits per heavy atom. The Morgan fingerprint density at radius 1 is 1.07 bits per heavy atom. The number of thioether (sulfide) groups is 1. The van der Waals surface area contributed by atoms with E-state index in [-0.39, 0.29) is 5.91 Å². The maximum Gasteiger partial charge on any atom is 0.258 e. The molecule has 0 aliphatic heterocycles. The van der Waals surface area contributed by atoms with Crippen LogP contribution in [0.3, 0.4) is 0 Å². The van der Waals surface area contributed by atoms with Gasteiger partial charge < -0.3 is 4.74 Å². The molecule has 1 amide bonds. The summed E-state index contributed by atoms with van der Waals surface area (Å²) in [4.78, 5) is 22.9. The van der Waals surface area contributed by atoms with E-state index in [2.05, 4.69) is 20.7 Å². The molecule has 4 aromatic rings. The Labute approximate surface area is 187 Å². The Kier molecular flexibility index (Phi) is 6.47. The number of carbonyl (C=O) groups is 1. The number of thiazole rings is 2. The van der Waals surface area contributed by atoms with Gasteiger partial charge in [-0.2, -0.15) is 0 Å². The van der Waals surface area contributed by atoms with Gasteiger partial charge in [-0.1, -0.05) is 24.3 Å². The zero-order valence-corrected chi connectivity index (χ0v) is 18.9. The van der Waals surface area contributed by atoms with Gasteiger partial charge in [0.15, 0.2) is 5.13 Å². The van der Waals surface area contributed by atoms with Crippen LogP contribution >= 0.6 is 34.4 Å². The first-order valence-corrected chi connectivity index (χ1v) is 11.9. The first-order chi connectivity index (χ1) is 14.6. The number of benzene rings is 2. The van der Waals surface area contributed by atoms with E-state index >= 15 is 0 Å². The molecule has 0 aliphatic carbocycles. The third-order valence-corrected chi connectivity index (χ3v) is 6.97. The second-order valence-corrected chi connectivity index (χ2v) is 9.27. The van der Waals surface area contributed by atoms with Gasteiger partial charge in [0, 0.05) is 27.0 Å². The van der Waals surface area contributed by atoms with Gasteiger partial charge >= 0.3 is 0 Å². The lowest BCUT2D eigenvalue weighted by Crippen LogP contribution is -2.12. The smallest absolute Gasteiger partial charge is 0.258 e. The summed E-state index contributed by atoms with van der Waals surface area (Å²) in [5.74, 6) is 1.30. The van der Waals surface area contributed by atoms with Crippen molar-refractivity contribution in [3.63, 3.8) is 0 Å². The van der Waals surface area contributed by atoms with Crippen molar-refractivity contribution in [2.45, 2.75) is 17.6 Å². The maximum atomic E-state index is 12.9. The SMILES string of the molecule is COc1ccccc1-c1csc(NC(=O)c2ccccc2SCc2csc(C)n2)n1. The van der Waals surface area contributed by atoms with Gasteiger partial charge in [-0.3, -0.25) is 10.1 Å². The Balaban J connectivity index is 1.49. The zero-order valence-electron chi connectivity index (χ0n) is 16.4. The number of carbonyl (C=O) groups excluding carboxylic acids is 1. The number of para-hydroxylation sites is 1. The number of nitrogens with zero attached hydrogens (tertiary/aromatic N) is 2. The third kappa shape index (κ3) is 4.72. The predicted molar refractivity (Wildman–Crippen MR) is 125 cm³/mol. The fourth-order valence-electron chi connectivity index (χ4n) is 2.88. The zero-order chi connectivity index (χ0) is 20.9.